The summed E-state index contributed by atoms with van der Waals surface area (Å²) >= 11 is 4.84. The summed E-state index contributed by atoms with van der Waals surface area (Å²) in [4.78, 5) is 11.5. The van der Waals surface area contributed by atoms with Crippen LogP contribution in [0.25, 0.3) is 0 Å². The summed E-state index contributed by atoms with van der Waals surface area (Å²) in [7, 11) is 0. The van der Waals surface area contributed by atoms with Gasteiger partial charge in [-0.3, -0.25) is 0 Å². The number of thioether (sulfide) groups is 2. The Balaban J connectivity index is 2.43. The van der Waals surface area contributed by atoms with Crippen molar-refractivity contribution in [2.45, 2.75) is 42.0 Å². The molecule has 1 atom stereocenters. The van der Waals surface area contributed by atoms with Crippen LogP contribution in [-0.4, -0.2) is 33.8 Å². The van der Waals surface area contributed by atoms with E-state index in [2.05, 4.69) is 23.7 Å². The molecule has 0 fully saturated rings. The number of nitrogens with zero attached hydrogens (tertiary/aromatic N) is 2. The number of hydrogen-bond acceptors (Lipinski definition) is 7. The summed E-state index contributed by atoms with van der Waals surface area (Å²) in [6, 6.07) is 0. The molecule has 1 aromatic rings. The van der Waals surface area contributed by atoms with E-state index in [4.69, 9.17) is 4.74 Å². The molecule has 19 heavy (non-hydrogen) atoms. The van der Waals surface area contributed by atoms with Gasteiger partial charge in [0.1, 0.15) is 6.10 Å². The number of carbonyl (C=O) groups excluding carboxylic acids is 1. The van der Waals surface area contributed by atoms with E-state index < -0.39 is 0 Å². The van der Waals surface area contributed by atoms with E-state index in [0.29, 0.717) is 11.3 Å². The zero-order valence-electron chi connectivity index (χ0n) is 11.3. The SMILES string of the molecule is C=C(C)C(=O)OC(CC)CSc1nnc(SCC)s1. The van der Waals surface area contributed by atoms with Gasteiger partial charge in [0.2, 0.25) is 0 Å². The highest BCUT2D eigenvalue weighted by Gasteiger charge is 2.15. The number of aromatic nitrogens is 2. The Hall–Kier alpha value is -0.530. The van der Waals surface area contributed by atoms with Gasteiger partial charge in [-0.05, 0) is 19.1 Å². The molecule has 0 aliphatic heterocycles. The van der Waals surface area contributed by atoms with Gasteiger partial charge in [0.25, 0.3) is 0 Å². The van der Waals surface area contributed by atoms with Crippen molar-refractivity contribution in [2.75, 3.05) is 11.5 Å². The standard InChI is InChI=1S/C12H18N2O2S3/c1-5-9(16-10(15)8(3)4)7-18-12-14-13-11(19-12)17-6-2/h9H,3,5-7H2,1-2,4H3. The zero-order valence-corrected chi connectivity index (χ0v) is 13.8. The van der Waals surface area contributed by atoms with E-state index in [0.717, 1.165) is 20.9 Å². The van der Waals surface area contributed by atoms with Crippen molar-refractivity contribution in [3.05, 3.63) is 12.2 Å². The van der Waals surface area contributed by atoms with E-state index in [9.17, 15) is 4.79 Å². The van der Waals surface area contributed by atoms with Gasteiger partial charge in [0.15, 0.2) is 8.68 Å². The number of esters is 1. The maximum Gasteiger partial charge on any atom is 0.333 e. The summed E-state index contributed by atoms with van der Waals surface area (Å²) in [5.74, 6) is 1.36. The molecule has 1 unspecified atom stereocenters. The van der Waals surface area contributed by atoms with Crippen LogP contribution in [0.15, 0.2) is 20.8 Å². The third kappa shape index (κ3) is 5.97. The van der Waals surface area contributed by atoms with Crippen molar-refractivity contribution in [1.82, 2.24) is 10.2 Å². The minimum atomic E-state index is -0.327. The number of rotatable bonds is 8. The summed E-state index contributed by atoms with van der Waals surface area (Å²) in [5.41, 5.74) is 0.431. The number of ether oxygens (including phenoxy) is 1. The van der Waals surface area contributed by atoms with E-state index >= 15 is 0 Å². The average Bonchev–Trinajstić information content (AvgIpc) is 2.82. The molecule has 0 spiro atoms. The molecule has 0 N–H and O–H groups in total. The quantitative estimate of drug-likeness (QED) is 0.414. The highest BCUT2D eigenvalue weighted by atomic mass is 32.2. The second-order valence-corrected chi connectivity index (χ2v) is 7.55. The van der Waals surface area contributed by atoms with Crippen LogP contribution in [-0.2, 0) is 9.53 Å². The van der Waals surface area contributed by atoms with E-state index in [1.807, 2.05) is 6.92 Å². The van der Waals surface area contributed by atoms with Crippen LogP contribution in [0.1, 0.15) is 27.2 Å². The first-order valence-electron chi connectivity index (χ1n) is 6.02. The fraction of sp³-hybridized carbons (Fsp3) is 0.583. The molecule has 0 amide bonds. The van der Waals surface area contributed by atoms with Crippen molar-refractivity contribution >= 4 is 40.8 Å². The molecule has 1 aromatic heterocycles. The largest absolute Gasteiger partial charge is 0.458 e. The number of carbonyl (C=O) groups is 1. The molecular weight excluding hydrogens is 300 g/mol. The lowest BCUT2D eigenvalue weighted by molar-refractivity contribution is -0.143. The number of hydrogen-bond donors (Lipinski definition) is 0. The van der Waals surface area contributed by atoms with Gasteiger partial charge in [-0.15, -0.1) is 10.2 Å². The second kappa shape index (κ2) is 8.60. The van der Waals surface area contributed by atoms with Gasteiger partial charge >= 0.3 is 5.97 Å². The summed E-state index contributed by atoms with van der Waals surface area (Å²) in [6.07, 6.45) is 0.668. The van der Waals surface area contributed by atoms with Gasteiger partial charge in [0.05, 0.1) is 0 Å². The van der Waals surface area contributed by atoms with Crippen LogP contribution >= 0.6 is 34.9 Å². The van der Waals surface area contributed by atoms with Crippen LogP contribution in [0.2, 0.25) is 0 Å². The lowest BCUT2D eigenvalue weighted by Gasteiger charge is -2.14. The maximum atomic E-state index is 11.5. The smallest absolute Gasteiger partial charge is 0.333 e. The van der Waals surface area contributed by atoms with Crippen molar-refractivity contribution in [1.29, 1.82) is 0 Å². The van der Waals surface area contributed by atoms with Crippen molar-refractivity contribution < 1.29 is 9.53 Å². The van der Waals surface area contributed by atoms with Gasteiger partial charge < -0.3 is 4.74 Å². The molecule has 106 valence electrons. The molecule has 4 nitrogen and oxygen atoms in total. The first kappa shape index (κ1) is 16.5. The Morgan fingerprint density at radius 1 is 1.37 bits per heavy atom. The topological polar surface area (TPSA) is 52.1 Å². The molecule has 1 heterocycles. The zero-order chi connectivity index (χ0) is 14.3. The van der Waals surface area contributed by atoms with Gasteiger partial charge in [-0.25, -0.2) is 4.79 Å². The second-order valence-electron chi connectivity index (χ2n) is 3.79. The normalized spacial score (nSPS) is 12.2. The summed E-state index contributed by atoms with van der Waals surface area (Å²) in [5, 5.41) is 8.20. The Morgan fingerprint density at radius 3 is 2.53 bits per heavy atom. The Bertz CT molecular complexity index is 434. The average molecular weight is 318 g/mol. The molecule has 0 bridgehead atoms. The Kier molecular flexibility index (Phi) is 7.48. The van der Waals surface area contributed by atoms with E-state index in [1.165, 1.54) is 0 Å². The first-order chi connectivity index (χ1) is 9.06. The maximum absolute atomic E-state index is 11.5. The van der Waals surface area contributed by atoms with Gasteiger partial charge in [0, 0.05) is 11.3 Å². The van der Waals surface area contributed by atoms with Crippen LogP contribution in [0.5, 0.6) is 0 Å². The molecule has 0 aliphatic carbocycles. The minimum absolute atomic E-state index is 0.111. The lowest BCUT2D eigenvalue weighted by atomic mass is 10.3. The predicted molar refractivity (Wildman–Crippen MR) is 82.0 cm³/mol. The van der Waals surface area contributed by atoms with Gasteiger partial charge in [-0.1, -0.05) is 55.3 Å². The predicted octanol–water partition coefficient (Wildman–Crippen LogP) is 3.64. The Morgan fingerprint density at radius 2 is 2.00 bits per heavy atom. The molecule has 0 aliphatic rings. The van der Waals surface area contributed by atoms with Crippen LogP contribution in [0, 0.1) is 0 Å². The lowest BCUT2D eigenvalue weighted by Crippen LogP contribution is -2.20. The molecular formula is C12H18N2O2S3. The fourth-order valence-corrected chi connectivity index (χ4v) is 4.14. The van der Waals surface area contributed by atoms with Crippen LogP contribution in [0.4, 0.5) is 0 Å². The third-order valence-corrected chi connectivity index (χ3v) is 5.33. The highest BCUT2D eigenvalue weighted by Crippen LogP contribution is 2.29. The molecule has 0 radical (unpaired) electrons. The fourth-order valence-electron chi connectivity index (χ4n) is 1.09. The monoisotopic (exact) mass is 318 g/mol. The van der Waals surface area contributed by atoms with Crippen molar-refractivity contribution in [2.24, 2.45) is 0 Å². The van der Waals surface area contributed by atoms with Crippen LogP contribution in [0.3, 0.4) is 0 Å². The summed E-state index contributed by atoms with van der Waals surface area (Å²) in [6.45, 7) is 9.32. The van der Waals surface area contributed by atoms with E-state index in [1.54, 1.807) is 41.8 Å². The van der Waals surface area contributed by atoms with Crippen molar-refractivity contribution in [3.8, 4) is 0 Å². The molecule has 0 aromatic carbocycles. The van der Waals surface area contributed by atoms with Gasteiger partial charge in [-0.2, -0.15) is 0 Å². The summed E-state index contributed by atoms with van der Waals surface area (Å²) < 4.78 is 7.23. The first-order valence-corrected chi connectivity index (χ1v) is 8.81. The Labute approximate surface area is 126 Å². The van der Waals surface area contributed by atoms with Crippen LogP contribution < -0.4 is 0 Å². The van der Waals surface area contributed by atoms with Crippen molar-refractivity contribution in [3.63, 3.8) is 0 Å². The highest BCUT2D eigenvalue weighted by molar-refractivity contribution is 8.03. The minimum Gasteiger partial charge on any atom is -0.458 e. The molecule has 1 rings (SSSR count). The third-order valence-electron chi connectivity index (χ3n) is 2.13. The molecule has 7 heteroatoms. The van der Waals surface area contributed by atoms with E-state index in [-0.39, 0.29) is 12.1 Å². The molecule has 0 saturated carbocycles. The molecule has 0 saturated heterocycles.